The Balaban J connectivity index is 1.92. The molecule has 19 heavy (non-hydrogen) atoms. The van der Waals surface area contributed by atoms with Gasteiger partial charge in [0, 0.05) is 11.4 Å². The van der Waals surface area contributed by atoms with Crippen molar-refractivity contribution in [2.75, 3.05) is 0 Å². The van der Waals surface area contributed by atoms with Crippen molar-refractivity contribution in [1.29, 1.82) is 0 Å². The fraction of sp³-hybridized carbons (Fsp3) is 0.133. The Labute approximate surface area is 117 Å². The second-order valence-corrected chi connectivity index (χ2v) is 4.58. The summed E-state index contributed by atoms with van der Waals surface area (Å²) in [5, 5.41) is 0.665. The number of benzene rings is 2. The van der Waals surface area contributed by atoms with Crippen LogP contribution in [-0.2, 0) is 11.2 Å². The lowest BCUT2D eigenvalue weighted by Gasteiger charge is -2.13. The van der Waals surface area contributed by atoms with Crippen molar-refractivity contribution in [2.24, 2.45) is 5.73 Å². The van der Waals surface area contributed by atoms with Crippen LogP contribution < -0.4 is 5.73 Å². The van der Waals surface area contributed by atoms with E-state index in [4.69, 9.17) is 22.1 Å². The highest BCUT2D eigenvalue weighted by molar-refractivity contribution is 6.30. The van der Waals surface area contributed by atoms with E-state index in [1.54, 1.807) is 36.4 Å². The van der Waals surface area contributed by atoms with Gasteiger partial charge in [-0.15, -0.1) is 0 Å². The van der Waals surface area contributed by atoms with Crippen LogP contribution in [0, 0.1) is 0 Å². The fourth-order valence-corrected chi connectivity index (χ4v) is 1.80. The summed E-state index contributed by atoms with van der Waals surface area (Å²) >= 11 is 5.80. The van der Waals surface area contributed by atoms with E-state index in [0.717, 1.165) is 5.56 Å². The first-order valence-corrected chi connectivity index (χ1v) is 6.29. The first kappa shape index (κ1) is 13.6. The molecule has 2 N–H and O–H groups in total. The summed E-state index contributed by atoms with van der Waals surface area (Å²) in [6.45, 7) is 0. The molecule has 0 aliphatic heterocycles. The van der Waals surface area contributed by atoms with Crippen LogP contribution in [0.1, 0.15) is 15.9 Å². The maximum Gasteiger partial charge on any atom is 0.339 e. The summed E-state index contributed by atoms with van der Waals surface area (Å²) in [6, 6.07) is 16.1. The van der Waals surface area contributed by atoms with Gasteiger partial charge in [0.2, 0.25) is 0 Å². The fourth-order valence-electron chi connectivity index (χ4n) is 1.67. The van der Waals surface area contributed by atoms with Crippen LogP contribution in [0.25, 0.3) is 0 Å². The molecule has 0 bridgehead atoms. The number of carbonyl (C=O) groups excluding carboxylic acids is 1. The zero-order chi connectivity index (χ0) is 13.7. The Bertz CT molecular complexity index is 540. The average Bonchev–Trinajstić information content (AvgIpc) is 2.42. The van der Waals surface area contributed by atoms with E-state index >= 15 is 0 Å². The molecule has 2 rings (SSSR count). The Kier molecular flexibility index (Phi) is 4.55. The molecule has 0 aliphatic carbocycles. The van der Waals surface area contributed by atoms with E-state index in [1.807, 2.05) is 18.2 Å². The monoisotopic (exact) mass is 275 g/mol. The Hall–Kier alpha value is -1.84. The summed E-state index contributed by atoms with van der Waals surface area (Å²) < 4.78 is 5.18. The largest absolute Gasteiger partial charge is 0.443 e. The number of ether oxygens (including phenoxy) is 1. The third kappa shape index (κ3) is 4.09. The number of hydrogen-bond acceptors (Lipinski definition) is 3. The summed E-state index contributed by atoms with van der Waals surface area (Å²) in [7, 11) is 0. The number of carbonyl (C=O) groups is 1. The van der Waals surface area contributed by atoms with Gasteiger partial charge in [-0.2, -0.15) is 0 Å². The molecule has 0 amide bonds. The molecule has 0 spiro atoms. The maximum atomic E-state index is 11.8. The zero-order valence-corrected chi connectivity index (χ0v) is 11.0. The summed E-state index contributed by atoms with van der Waals surface area (Å²) in [5.74, 6) is -0.415. The Morgan fingerprint density at radius 2 is 1.74 bits per heavy atom. The predicted molar refractivity (Wildman–Crippen MR) is 75.0 cm³/mol. The topological polar surface area (TPSA) is 52.3 Å². The molecular weight excluding hydrogens is 262 g/mol. The number of rotatable bonds is 4. The lowest BCUT2D eigenvalue weighted by molar-refractivity contribution is 0.0317. The highest BCUT2D eigenvalue weighted by atomic mass is 35.5. The van der Waals surface area contributed by atoms with E-state index in [2.05, 4.69) is 0 Å². The van der Waals surface area contributed by atoms with Crippen LogP contribution in [-0.4, -0.2) is 12.2 Å². The highest BCUT2D eigenvalue weighted by Crippen LogP contribution is 2.11. The normalized spacial score (nSPS) is 11.9. The number of esters is 1. The van der Waals surface area contributed by atoms with Gasteiger partial charge in [-0.1, -0.05) is 41.9 Å². The van der Waals surface area contributed by atoms with E-state index in [-0.39, 0.29) is 0 Å². The lowest BCUT2D eigenvalue weighted by Crippen LogP contribution is -2.29. The van der Waals surface area contributed by atoms with Gasteiger partial charge in [-0.3, -0.25) is 5.73 Å². The van der Waals surface area contributed by atoms with Crippen molar-refractivity contribution in [3.8, 4) is 0 Å². The number of hydrogen-bond donors (Lipinski definition) is 1. The summed E-state index contributed by atoms with van der Waals surface area (Å²) in [6.07, 6.45) is -0.218. The third-order valence-corrected chi connectivity index (χ3v) is 2.87. The smallest absolute Gasteiger partial charge is 0.339 e. The van der Waals surface area contributed by atoms with Crippen LogP contribution in [0.4, 0.5) is 0 Å². The van der Waals surface area contributed by atoms with Crippen molar-refractivity contribution >= 4 is 17.6 Å². The van der Waals surface area contributed by atoms with E-state index in [9.17, 15) is 4.79 Å². The molecule has 1 atom stereocenters. The number of halogens is 1. The molecule has 0 aliphatic rings. The predicted octanol–water partition coefficient (Wildman–Crippen LogP) is 3.02. The maximum absolute atomic E-state index is 11.8. The van der Waals surface area contributed by atoms with Crippen molar-refractivity contribution in [2.45, 2.75) is 12.6 Å². The standard InChI is InChI=1S/C15H14ClNO2/c16-13-8-6-11(7-9-13)10-14(17)19-15(18)12-4-2-1-3-5-12/h1-9,14H,10,17H2. The number of nitrogens with two attached hydrogens (primary N) is 1. The highest BCUT2D eigenvalue weighted by Gasteiger charge is 2.12. The SMILES string of the molecule is NC(Cc1ccc(Cl)cc1)OC(=O)c1ccccc1. The molecule has 0 fully saturated rings. The molecule has 0 radical (unpaired) electrons. The molecule has 2 aromatic carbocycles. The second-order valence-electron chi connectivity index (χ2n) is 4.14. The van der Waals surface area contributed by atoms with E-state index in [1.165, 1.54) is 0 Å². The van der Waals surface area contributed by atoms with Crippen molar-refractivity contribution in [3.05, 3.63) is 70.7 Å². The molecule has 1 unspecified atom stereocenters. The van der Waals surface area contributed by atoms with Crippen LogP contribution in [0.3, 0.4) is 0 Å². The average molecular weight is 276 g/mol. The molecule has 0 saturated heterocycles. The van der Waals surface area contributed by atoms with Gasteiger partial charge < -0.3 is 4.74 Å². The van der Waals surface area contributed by atoms with Gasteiger partial charge in [0.05, 0.1) is 5.56 Å². The zero-order valence-electron chi connectivity index (χ0n) is 10.3. The van der Waals surface area contributed by atoms with Gasteiger partial charge in [0.25, 0.3) is 0 Å². The minimum atomic E-state index is -0.672. The van der Waals surface area contributed by atoms with Crippen molar-refractivity contribution in [1.82, 2.24) is 0 Å². The van der Waals surface area contributed by atoms with Crippen LogP contribution in [0.5, 0.6) is 0 Å². The summed E-state index contributed by atoms with van der Waals surface area (Å²) in [4.78, 5) is 11.8. The molecular formula is C15H14ClNO2. The Morgan fingerprint density at radius 3 is 2.37 bits per heavy atom. The molecule has 0 aromatic heterocycles. The molecule has 3 nitrogen and oxygen atoms in total. The quantitative estimate of drug-likeness (QED) is 0.689. The van der Waals surface area contributed by atoms with Crippen molar-refractivity contribution < 1.29 is 9.53 Å². The van der Waals surface area contributed by atoms with Gasteiger partial charge in [0.1, 0.15) is 0 Å². The van der Waals surface area contributed by atoms with Gasteiger partial charge in [-0.25, -0.2) is 4.79 Å². The molecule has 98 valence electrons. The minimum Gasteiger partial charge on any atom is -0.443 e. The molecule has 0 heterocycles. The molecule has 2 aromatic rings. The van der Waals surface area contributed by atoms with Crippen LogP contribution in [0.2, 0.25) is 5.02 Å². The van der Waals surface area contributed by atoms with Crippen LogP contribution >= 0.6 is 11.6 Å². The van der Waals surface area contributed by atoms with E-state index < -0.39 is 12.2 Å². The minimum absolute atomic E-state index is 0.415. The summed E-state index contributed by atoms with van der Waals surface area (Å²) in [5.41, 5.74) is 7.27. The van der Waals surface area contributed by atoms with Gasteiger partial charge in [0.15, 0.2) is 6.23 Å². The van der Waals surface area contributed by atoms with Gasteiger partial charge >= 0.3 is 5.97 Å². The molecule has 0 saturated carbocycles. The lowest BCUT2D eigenvalue weighted by atomic mass is 10.1. The van der Waals surface area contributed by atoms with Crippen LogP contribution in [0.15, 0.2) is 54.6 Å². The van der Waals surface area contributed by atoms with Gasteiger partial charge in [-0.05, 0) is 29.8 Å². The third-order valence-electron chi connectivity index (χ3n) is 2.62. The Morgan fingerprint density at radius 1 is 1.11 bits per heavy atom. The first-order chi connectivity index (χ1) is 9.15. The van der Waals surface area contributed by atoms with E-state index in [0.29, 0.717) is 17.0 Å². The first-order valence-electron chi connectivity index (χ1n) is 5.91. The second kappa shape index (κ2) is 6.36. The van der Waals surface area contributed by atoms with Crippen molar-refractivity contribution in [3.63, 3.8) is 0 Å². The molecule has 4 heteroatoms.